The molecule has 2 heterocycles. The monoisotopic (exact) mass is 251 g/mol. The van der Waals surface area contributed by atoms with E-state index in [-0.39, 0.29) is 5.91 Å². The molecule has 0 aromatic carbocycles. The molecule has 0 saturated carbocycles. The first-order chi connectivity index (χ1) is 8.27. The molecule has 0 aliphatic carbocycles. The van der Waals surface area contributed by atoms with E-state index in [0.29, 0.717) is 11.6 Å². The lowest BCUT2D eigenvalue weighted by Gasteiger charge is -2.14. The second kappa shape index (κ2) is 5.91. The molecule has 0 radical (unpaired) electrons. The number of nitrogens with zero attached hydrogens (tertiary/aromatic N) is 2. The maximum absolute atomic E-state index is 11.8. The number of nitrogen functional groups attached to an aromatic ring is 1. The van der Waals surface area contributed by atoms with E-state index < -0.39 is 0 Å². The van der Waals surface area contributed by atoms with Gasteiger partial charge in [0.2, 0.25) is 5.91 Å². The summed E-state index contributed by atoms with van der Waals surface area (Å²) >= 11 is 1.60. The van der Waals surface area contributed by atoms with Crippen molar-refractivity contribution in [3.05, 3.63) is 23.9 Å². The van der Waals surface area contributed by atoms with Gasteiger partial charge < -0.3 is 10.6 Å². The second-order valence-corrected chi connectivity index (χ2v) is 5.11. The van der Waals surface area contributed by atoms with Crippen LogP contribution in [0.5, 0.6) is 0 Å². The van der Waals surface area contributed by atoms with E-state index in [1.807, 2.05) is 17.0 Å². The number of likely N-dealkylation sites (tertiary alicyclic amines) is 1. The quantitative estimate of drug-likeness (QED) is 0.881. The SMILES string of the molecule is Nc1ncccc1CSCC(=O)N1CCCC1. The van der Waals surface area contributed by atoms with Gasteiger partial charge in [-0.05, 0) is 18.9 Å². The van der Waals surface area contributed by atoms with E-state index in [1.54, 1.807) is 18.0 Å². The van der Waals surface area contributed by atoms with Crippen LogP contribution in [0.25, 0.3) is 0 Å². The molecule has 0 bridgehead atoms. The largest absolute Gasteiger partial charge is 0.383 e. The van der Waals surface area contributed by atoms with Crippen LogP contribution in [0.4, 0.5) is 5.82 Å². The molecule has 1 aliphatic heterocycles. The number of rotatable bonds is 4. The molecule has 1 aromatic rings. The number of hydrogen-bond acceptors (Lipinski definition) is 4. The van der Waals surface area contributed by atoms with Crippen LogP contribution in [0, 0.1) is 0 Å². The van der Waals surface area contributed by atoms with E-state index >= 15 is 0 Å². The Labute approximate surface area is 106 Å². The Balaban J connectivity index is 1.76. The molecule has 5 heteroatoms. The van der Waals surface area contributed by atoms with E-state index in [0.717, 1.165) is 37.2 Å². The first-order valence-corrected chi connectivity index (χ1v) is 6.98. The van der Waals surface area contributed by atoms with Gasteiger partial charge in [-0.2, -0.15) is 0 Å². The van der Waals surface area contributed by atoms with Crippen molar-refractivity contribution in [2.45, 2.75) is 18.6 Å². The average molecular weight is 251 g/mol. The maximum Gasteiger partial charge on any atom is 0.232 e. The van der Waals surface area contributed by atoms with Gasteiger partial charge in [0.05, 0.1) is 5.75 Å². The predicted molar refractivity (Wildman–Crippen MR) is 70.6 cm³/mol. The van der Waals surface area contributed by atoms with Crippen molar-refractivity contribution in [2.24, 2.45) is 0 Å². The van der Waals surface area contributed by atoms with Gasteiger partial charge in [-0.25, -0.2) is 4.98 Å². The Hall–Kier alpha value is -1.23. The van der Waals surface area contributed by atoms with Crippen LogP contribution in [0.3, 0.4) is 0 Å². The average Bonchev–Trinajstić information content (AvgIpc) is 2.85. The van der Waals surface area contributed by atoms with Crippen LogP contribution in [0.1, 0.15) is 18.4 Å². The van der Waals surface area contributed by atoms with E-state index in [9.17, 15) is 4.79 Å². The summed E-state index contributed by atoms with van der Waals surface area (Å²) in [4.78, 5) is 17.7. The summed E-state index contributed by atoms with van der Waals surface area (Å²) < 4.78 is 0. The number of pyridine rings is 1. The number of amides is 1. The van der Waals surface area contributed by atoms with Gasteiger partial charge in [-0.3, -0.25) is 4.79 Å². The Morgan fingerprint density at radius 3 is 2.94 bits per heavy atom. The van der Waals surface area contributed by atoms with Crippen molar-refractivity contribution in [2.75, 3.05) is 24.6 Å². The molecule has 0 spiro atoms. The maximum atomic E-state index is 11.8. The summed E-state index contributed by atoms with van der Waals surface area (Å²) in [6, 6.07) is 3.82. The van der Waals surface area contributed by atoms with Crippen molar-refractivity contribution in [1.82, 2.24) is 9.88 Å². The predicted octanol–water partition coefficient (Wildman–Crippen LogP) is 1.52. The zero-order valence-electron chi connectivity index (χ0n) is 9.76. The number of hydrogen-bond donors (Lipinski definition) is 1. The molecule has 1 amide bonds. The fraction of sp³-hybridized carbons (Fsp3) is 0.500. The van der Waals surface area contributed by atoms with Crippen molar-refractivity contribution in [1.29, 1.82) is 0 Å². The summed E-state index contributed by atoms with van der Waals surface area (Å²) in [6.45, 7) is 1.85. The molecule has 92 valence electrons. The first-order valence-electron chi connectivity index (χ1n) is 5.82. The van der Waals surface area contributed by atoms with Crippen LogP contribution >= 0.6 is 11.8 Å². The van der Waals surface area contributed by atoms with E-state index in [2.05, 4.69) is 4.98 Å². The lowest BCUT2D eigenvalue weighted by molar-refractivity contribution is -0.127. The van der Waals surface area contributed by atoms with Crippen LogP contribution in [-0.2, 0) is 10.5 Å². The molecule has 0 unspecified atom stereocenters. The molecule has 1 aromatic heterocycles. The number of anilines is 1. The molecule has 0 atom stereocenters. The lowest BCUT2D eigenvalue weighted by atomic mass is 10.3. The Morgan fingerprint density at radius 2 is 2.24 bits per heavy atom. The zero-order valence-corrected chi connectivity index (χ0v) is 10.6. The van der Waals surface area contributed by atoms with Crippen LogP contribution in [0.2, 0.25) is 0 Å². The minimum atomic E-state index is 0.245. The Morgan fingerprint density at radius 1 is 1.47 bits per heavy atom. The molecular weight excluding hydrogens is 234 g/mol. The van der Waals surface area contributed by atoms with Gasteiger partial charge >= 0.3 is 0 Å². The van der Waals surface area contributed by atoms with Gasteiger partial charge in [0.25, 0.3) is 0 Å². The normalized spacial score (nSPS) is 15.2. The molecule has 4 nitrogen and oxygen atoms in total. The zero-order chi connectivity index (χ0) is 12.1. The highest BCUT2D eigenvalue weighted by molar-refractivity contribution is 7.99. The summed E-state index contributed by atoms with van der Waals surface area (Å²) in [5.74, 6) is 2.09. The van der Waals surface area contributed by atoms with Crippen LogP contribution in [-0.4, -0.2) is 34.6 Å². The molecule has 1 saturated heterocycles. The molecule has 1 fully saturated rings. The van der Waals surface area contributed by atoms with E-state index in [4.69, 9.17) is 5.73 Å². The minimum absolute atomic E-state index is 0.245. The first kappa shape index (κ1) is 12.2. The van der Waals surface area contributed by atoms with Gasteiger partial charge in [0.15, 0.2) is 0 Å². The van der Waals surface area contributed by atoms with Gasteiger partial charge in [0, 0.05) is 30.6 Å². The second-order valence-electron chi connectivity index (χ2n) is 4.13. The van der Waals surface area contributed by atoms with Gasteiger partial charge in [-0.1, -0.05) is 6.07 Å². The number of thioether (sulfide) groups is 1. The van der Waals surface area contributed by atoms with Crippen molar-refractivity contribution >= 4 is 23.5 Å². The summed E-state index contributed by atoms with van der Waals surface area (Å²) in [7, 11) is 0. The van der Waals surface area contributed by atoms with Gasteiger partial charge in [0.1, 0.15) is 5.82 Å². The third-order valence-electron chi connectivity index (χ3n) is 2.87. The third kappa shape index (κ3) is 3.36. The number of nitrogens with two attached hydrogens (primary N) is 1. The van der Waals surface area contributed by atoms with Gasteiger partial charge in [-0.15, -0.1) is 11.8 Å². The molecular formula is C12H17N3OS. The summed E-state index contributed by atoms with van der Waals surface area (Å²) in [5, 5.41) is 0. The minimum Gasteiger partial charge on any atom is -0.383 e. The Bertz CT molecular complexity index is 391. The highest BCUT2D eigenvalue weighted by Crippen LogP contribution is 2.17. The fourth-order valence-corrected chi connectivity index (χ4v) is 2.80. The molecule has 2 rings (SSSR count). The lowest BCUT2D eigenvalue weighted by Crippen LogP contribution is -2.29. The smallest absolute Gasteiger partial charge is 0.232 e. The standard InChI is InChI=1S/C12H17N3OS/c13-12-10(4-3-5-14-12)8-17-9-11(16)15-6-1-2-7-15/h3-5H,1-2,6-9H2,(H2,13,14). The van der Waals surface area contributed by atoms with E-state index in [1.165, 1.54) is 0 Å². The number of carbonyl (C=O) groups is 1. The van der Waals surface area contributed by atoms with Crippen molar-refractivity contribution in [3.8, 4) is 0 Å². The number of carbonyl (C=O) groups excluding carboxylic acids is 1. The summed E-state index contributed by atoms with van der Waals surface area (Å²) in [5.41, 5.74) is 6.75. The molecule has 2 N–H and O–H groups in total. The van der Waals surface area contributed by atoms with Crippen LogP contribution < -0.4 is 5.73 Å². The van der Waals surface area contributed by atoms with Crippen molar-refractivity contribution in [3.63, 3.8) is 0 Å². The molecule has 1 aliphatic rings. The topological polar surface area (TPSA) is 59.2 Å². The third-order valence-corrected chi connectivity index (χ3v) is 3.83. The fourth-order valence-electron chi connectivity index (χ4n) is 1.88. The summed E-state index contributed by atoms with van der Waals surface area (Å²) in [6.07, 6.45) is 3.97. The number of aromatic nitrogens is 1. The van der Waals surface area contributed by atoms with Crippen LogP contribution in [0.15, 0.2) is 18.3 Å². The van der Waals surface area contributed by atoms with Crippen molar-refractivity contribution < 1.29 is 4.79 Å². The highest BCUT2D eigenvalue weighted by atomic mass is 32.2. The molecule has 17 heavy (non-hydrogen) atoms. The highest BCUT2D eigenvalue weighted by Gasteiger charge is 2.17. The Kier molecular flexibility index (Phi) is 4.25.